The molecule has 5 heteroatoms. The van der Waals surface area contributed by atoms with Crippen molar-refractivity contribution in [3.63, 3.8) is 0 Å². The van der Waals surface area contributed by atoms with Gasteiger partial charge in [0.2, 0.25) is 0 Å². The molecule has 0 bridgehead atoms. The first-order valence-corrected chi connectivity index (χ1v) is 5.34. The van der Waals surface area contributed by atoms with Gasteiger partial charge in [0.05, 0.1) is 18.9 Å². The molecule has 1 amide bonds. The van der Waals surface area contributed by atoms with E-state index in [1.165, 1.54) is 7.11 Å². The number of amides is 1. The van der Waals surface area contributed by atoms with Crippen molar-refractivity contribution in [1.29, 1.82) is 0 Å². The van der Waals surface area contributed by atoms with E-state index in [0.717, 1.165) is 12.0 Å². The Morgan fingerprint density at radius 1 is 1.62 bits per heavy atom. The van der Waals surface area contributed by atoms with Gasteiger partial charge in [0.1, 0.15) is 7.11 Å². The minimum absolute atomic E-state index is 0.0884. The molecule has 0 N–H and O–H groups in total. The summed E-state index contributed by atoms with van der Waals surface area (Å²) in [6.45, 7) is 4.89. The van der Waals surface area contributed by atoms with Gasteiger partial charge in [0, 0.05) is 6.54 Å². The second-order valence-corrected chi connectivity index (χ2v) is 3.84. The topological polar surface area (TPSA) is 51.1 Å². The minimum atomic E-state index is -0.272. The average Bonchev–Trinajstić information content (AvgIpc) is 2.26. The summed E-state index contributed by atoms with van der Waals surface area (Å²) in [5.41, 5.74) is 0.966. The third kappa shape index (κ3) is 3.92. The number of hydrogen-bond donors (Lipinski definition) is 0. The van der Waals surface area contributed by atoms with E-state index in [1.54, 1.807) is 11.1 Å². The molecular formula is C11H18N2O3. The van der Waals surface area contributed by atoms with Crippen LogP contribution in [0.4, 0.5) is 4.79 Å². The number of hydrogen-bond acceptors (Lipinski definition) is 4. The van der Waals surface area contributed by atoms with Crippen LogP contribution < -0.4 is 0 Å². The number of carbonyl (C=O) groups excluding carboxylic acids is 1. The second-order valence-electron chi connectivity index (χ2n) is 3.84. The highest BCUT2D eigenvalue weighted by atomic mass is 16.6. The molecular weight excluding hydrogens is 208 g/mol. The van der Waals surface area contributed by atoms with Crippen molar-refractivity contribution in [2.45, 2.75) is 26.4 Å². The van der Waals surface area contributed by atoms with E-state index < -0.39 is 0 Å². The van der Waals surface area contributed by atoms with Gasteiger partial charge in [-0.2, -0.15) is 0 Å². The maximum absolute atomic E-state index is 11.6. The first-order chi connectivity index (χ1) is 7.63. The third-order valence-electron chi connectivity index (χ3n) is 2.10. The summed E-state index contributed by atoms with van der Waals surface area (Å²) >= 11 is 0. The molecule has 5 nitrogen and oxygen atoms in total. The summed E-state index contributed by atoms with van der Waals surface area (Å²) in [6, 6.07) is 0. The van der Waals surface area contributed by atoms with Crippen LogP contribution in [0.1, 0.15) is 20.3 Å². The molecule has 0 spiro atoms. The number of ether oxygens (including phenoxy) is 1. The molecule has 1 rings (SSSR count). The van der Waals surface area contributed by atoms with Crippen LogP contribution in [-0.4, -0.2) is 43.5 Å². The predicted molar refractivity (Wildman–Crippen MR) is 61.4 cm³/mol. The molecule has 0 aromatic rings. The van der Waals surface area contributed by atoms with E-state index in [0.29, 0.717) is 13.1 Å². The van der Waals surface area contributed by atoms with Gasteiger partial charge in [-0.25, -0.2) is 4.79 Å². The molecule has 0 radical (unpaired) electrons. The van der Waals surface area contributed by atoms with Gasteiger partial charge in [0.25, 0.3) is 0 Å². The fourth-order valence-corrected chi connectivity index (χ4v) is 1.42. The maximum atomic E-state index is 11.6. The molecule has 1 aliphatic rings. The molecule has 16 heavy (non-hydrogen) atoms. The maximum Gasteiger partial charge on any atom is 0.410 e. The summed E-state index contributed by atoms with van der Waals surface area (Å²) in [4.78, 5) is 17.9. The Labute approximate surface area is 95.7 Å². The van der Waals surface area contributed by atoms with E-state index in [1.807, 2.05) is 19.9 Å². The quantitative estimate of drug-likeness (QED) is 0.544. The fraction of sp³-hybridized carbons (Fsp3) is 0.636. The second kappa shape index (κ2) is 6.15. The Kier molecular flexibility index (Phi) is 4.82. The Morgan fingerprint density at radius 3 is 3.00 bits per heavy atom. The van der Waals surface area contributed by atoms with Crippen molar-refractivity contribution in [3.8, 4) is 0 Å². The number of oxime groups is 1. The van der Waals surface area contributed by atoms with Crippen LogP contribution in [0.25, 0.3) is 0 Å². The van der Waals surface area contributed by atoms with Crippen LogP contribution in [-0.2, 0) is 9.57 Å². The molecule has 0 unspecified atom stereocenters. The first-order valence-electron chi connectivity index (χ1n) is 5.34. The normalized spacial score (nSPS) is 16.5. The molecule has 1 heterocycles. The zero-order valence-corrected chi connectivity index (χ0v) is 9.97. The van der Waals surface area contributed by atoms with Crippen molar-refractivity contribution >= 4 is 12.3 Å². The van der Waals surface area contributed by atoms with Gasteiger partial charge >= 0.3 is 6.09 Å². The van der Waals surface area contributed by atoms with Gasteiger partial charge in [-0.3, -0.25) is 0 Å². The lowest BCUT2D eigenvalue weighted by atomic mass is 10.1. The number of nitrogens with zero attached hydrogens (tertiary/aromatic N) is 2. The summed E-state index contributed by atoms with van der Waals surface area (Å²) in [7, 11) is 1.49. The van der Waals surface area contributed by atoms with Crippen LogP contribution in [0.2, 0.25) is 0 Å². The Bertz CT molecular complexity index is 298. The summed E-state index contributed by atoms with van der Waals surface area (Å²) < 4.78 is 5.13. The molecule has 0 atom stereocenters. The van der Waals surface area contributed by atoms with E-state index >= 15 is 0 Å². The van der Waals surface area contributed by atoms with E-state index in [2.05, 4.69) is 9.99 Å². The zero-order chi connectivity index (χ0) is 12.0. The van der Waals surface area contributed by atoms with Gasteiger partial charge in [-0.05, 0) is 25.8 Å². The minimum Gasteiger partial charge on any atom is -0.447 e. The lowest BCUT2D eigenvalue weighted by Crippen LogP contribution is -2.37. The van der Waals surface area contributed by atoms with Crippen molar-refractivity contribution < 1.29 is 14.4 Å². The van der Waals surface area contributed by atoms with Gasteiger partial charge in [-0.15, -0.1) is 0 Å². The fourth-order valence-electron chi connectivity index (χ4n) is 1.42. The van der Waals surface area contributed by atoms with E-state index in [-0.39, 0.29) is 12.2 Å². The standard InChI is InChI=1S/C11H18N2O3/c1-9(2)16-11(14)13-6-4-5-10(8-13)7-12-15-3/h5,7,9H,4,6,8H2,1-3H3/b12-7+. The summed E-state index contributed by atoms with van der Waals surface area (Å²) in [5.74, 6) is 0. The van der Waals surface area contributed by atoms with E-state index in [4.69, 9.17) is 4.74 Å². The summed E-state index contributed by atoms with van der Waals surface area (Å²) in [5, 5.41) is 3.68. The molecule has 0 aromatic heterocycles. The van der Waals surface area contributed by atoms with Crippen molar-refractivity contribution in [3.05, 3.63) is 11.6 Å². The lowest BCUT2D eigenvalue weighted by Gasteiger charge is -2.26. The highest BCUT2D eigenvalue weighted by molar-refractivity contribution is 5.80. The highest BCUT2D eigenvalue weighted by Gasteiger charge is 2.19. The van der Waals surface area contributed by atoms with Gasteiger partial charge in [0.15, 0.2) is 0 Å². The third-order valence-corrected chi connectivity index (χ3v) is 2.10. The Morgan fingerprint density at radius 2 is 2.38 bits per heavy atom. The largest absolute Gasteiger partial charge is 0.447 e. The zero-order valence-electron chi connectivity index (χ0n) is 9.97. The number of rotatable bonds is 3. The molecule has 0 aromatic carbocycles. The molecule has 1 aliphatic heterocycles. The smallest absolute Gasteiger partial charge is 0.410 e. The Hall–Kier alpha value is -1.52. The number of carbonyl (C=O) groups is 1. The van der Waals surface area contributed by atoms with Crippen LogP contribution in [0, 0.1) is 0 Å². The monoisotopic (exact) mass is 226 g/mol. The van der Waals surface area contributed by atoms with Crippen LogP contribution >= 0.6 is 0 Å². The van der Waals surface area contributed by atoms with E-state index in [9.17, 15) is 4.79 Å². The van der Waals surface area contributed by atoms with Crippen molar-refractivity contribution in [2.75, 3.05) is 20.2 Å². The molecule has 0 aliphatic carbocycles. The SMILES string of the molecule is CO/N=C/C1=CCCN(C(=O)OC(C)C)C1. The lowest BCUT2D eigenvalue weighted by molar-refractivity contribution is 0.0791. The average molecular weight is 226 g/mol. The predicted octanol–water partition coefficient (Wildman–Crippen LogP) is 1.80. The van der Waals surface area contributed by atoms with Crippen LogP contribution in [0.5, 0.6) is 0 Å². The van der Waals surface area contributed by atoms with Gasteiger partial charge in [-0.1, -0.05) is 11.2 Å². The summed E-state index contributed by atoms with van der Waals surface area (Å²) in [6.07, 6.45) is 4.12. The highest BCUT2D eigenvalue weighted by Crippen LogP contribution is 2.10. The van der Waals surface area contributed by atoms with Crippen molar-refractivity contribution in [2.24, 2.45) is 5.16 Å². The van der Waals surface area contributed by atoms with Gasteiger partial charge < -0.3 is 14.5 Å². The molecule has 0 fully saturated rings. The first kappa shape index (κ1) is 12.5. The molecule has 90 valence electrons. The molecule has 0 saturated carbocycles. The van der Waals surface area contributed by atoms with Crippen LogP contribution in [0.3, 0.4) is 0 Å². The molecule has 0 saturated heterocycles. The van der Waals surface area contributed by atoms with Crippen LogP contribution in [0.15, 0.2) is 16.8 Å². The van der Waals surface area contributed by atoms with Crippen molar-refractivity contribution in [1.82, 2.24) is 4.90 Å². The Balaban J connectivity index is 2.51.